The van der Waals surface area contributed by atoms with Crippen LogP contribution in [-0.2, 0) is 16.0 Å². The van der Waals surface area contributed by atoms with Gasteiger partial charge < -0.3 is 23.7 Å². The van der Waals surface area contributed by atoms with E-state index in [1.54, 1.807) is 35.5 Å². The third-order valence-electron chi connectivity index (χ3n) is 6.55. The quantitative estimate of drug-likeness (QED) is 0.502. The second-order valence-electron chi connectivity index (χ2n) is 8.57. The summed E-state index contributed by atoms with van der Waals surface area (Å²) < 4.78 is 27.7. The average Bonchev–Trinajstić information content (AvgIpc) is 2.85. The molecule has 33 heavy (non-hydrogen) atoms. The number of benzene rings is 2. The normalized spacial score (nSPS) is 19.8. The number of methoxy groups -OCH3 is 5. The molecule has 0 heterocycles. The lowest BCUT2D eigenvalue weighted by molar-refractivity contribution is -0.132. The van der Waals surface area contributed by atoms with Crippen LogP contribution in [-0.4, -0.2) is 41.3 Å². The van der Waals surface area contributed by atoms with E-state index in [9.17, 15) is 4.79 Å². The Balaban J connectivity index is 1.91. The van der Waals surface area contributed by atoms with Gasteiger partial charge in [-0.15, -0.1) is 0 Å². The van der Waals surface area contributed by atoms with E-state index in [1.165, 1.54) is 0 Å². The Morgan fingerprint density at radius 1 is 0.727 bits per heavy atom. The Hall–Kier alpha value is -2.73. The number of hydrogen-bond donors (Lipinski definition) is 0. The van der Waals surface area contributed by atoms with Gasteiger partial charge in [-0.3, -0.25) is 4.79 Å². The Kier molecular flexibility index (Phi) is 9.01. The fourth-order valence-electron chi connectivity index (χ4n) is 4.82. The SMILES string of the molecule is COc1cc(CC2CCCCCC(C(OC)c3cc(OC)cc(OC)c3)C2=O)cc(OC)c1. The molecule has 1 fully saturated rings. The van der Waals surface area contributed by atoms with Gasteiger partial charge >= 0.3 is 0 Å². The monoisotopic (exact) mass is 456 g/mol. The number of ketones is 1. The van der Waals surface area contributed by atoms with Crippen LogP contribution in [0.25, 0.3) is 0 Å². The number of ether oxygens (including phenoxy) is 5. The summed E-state index contributed by atoms with van der Waals surface area (Å²) in [6, 6.07) is 11.5. The summed E-state index contributed by atoms with van der Waals surface area (Å²) in [5, 5.41) is 0. The van der Waals surface area contributed by atoms with Crippen molar-refractivity contribution in [2.45, 2.75) is 44.6 Å². The lowest BCUT2D eigenvalue weighted by Gasteiger charge is -2.31. The summed E-state index contributed by atoms with van der Waals surface area (Å²) in [6.45, 7) is 0. The molecule has 1 saturated carbocycles. The van der Waals surface area contributed by atoms with E-state index >= 15 is 0 Å². The highest BCUT2D eigenvalue weighted by Crippen LogP contribution is 2.39. The zero-order valence-corrected chi connectivity index (χ0v) is 20.4. The molecule has 180 valence electrons. The maximum Gasteiger partial charge on any atom is 0.142 e. The van der Waals surface area contributed by atoms with Gasteiger partial charge in [-0.1, -0.05) is 19.3 Å². The first-order valence-corrected chi connectivity index (χ1v) is 11.5. The summed E-state index contributed by atoms with van der Waals surface area (Å²) in [7, 11) is 8.20. The lowest BCUT2D eigenvalue weighted by Crippen LogP contribution is -2.32. The van der Waals surface area contributed by atoms with Crippen molar-refractivity contribution in [1.29, 1.82) is 0 Å². The number of Topliss-reactive ketones (excluding diaryl/α,β-unsaturated/α-hetero) is 1. The molecule has 1 aliphatic carbocycles. The molecule has 2 aromatic carbocycles. The molecule has 3 rings (SSSR count). The van der Waals surface area contributed by atoms with Crippen molar-refractivity contribution in [3.8, 4) is 23.0 Å². The molecule has 0 spiro atoms. The van der Waals surface area contributed by atoms with Crippen LogP contribution in [0.15, 0.2) is 36.4 Å². The number of rotatable bonds is 9. The van der Waals surface area contributed by atoms with Crippen LogP contribution < -0.4 is 18.9 Å². The molecule has 3 atom stereocenters. The van der Waals surface area contributed by atoms with E-state index in [0.29, 0.717) is 17.9 Å². The van der Waals surface area contributed by atoms with Crippen molar-refractivity contribution in [2.75, 3.05) is 35.5 Å². The van der Waals surface area contributed by atoms with Crippen molar-refractivity contribution >= 4 is 5.78 Å². The van der Waals surface area contributed by atoms with Crippen molar-refractivity contribution < 1.29 is 28.5 Å². The predicted octanol–water partition coefficient (Wildman–Crippen LogP) is 5.42. The van der Waals surface area contributed by atoms with Gasteiger partial charge in [0.05, 0.1) is 34.5 Å². The van der Waals surface area contributed by atoms with Crippen LogP contribution >= 0.6 is 0 Å². The van der Waals surface area contributed by atoms with Crippen LogP contribution in [0.3, 0.4) is 0 Å². The fraction of sp³-hybridized carbons (Fsp3) is 0.519. The topological polar surface area (TPSA) is 63.2 Å². The zero-order chi connectivity index (χ0) is 23.8. The minimum Gasteiger partial charge on any atom is -0.497 e. The Morgan fingerprint density at radius 2 is 1.24 bits per heavy atom. The van der Waals surface area contributed by atoms with Gasteiger partial charge in [-0.05, 0) is 54.7 Å². The minimum atomic E-state index is -0.359. The number of hydrogen-bond acceptors (Lipinski definition) is 6. The number of carbonyl (C=O) groups is 1. The van der Waals surface area contributed by atoms with E-state index in [2.05, 4.69) is 0 Å². The zero-order valence-electron chi connectivity index (χ0n) is 20.4. The van der Waals surface area contributed by atoms with Crippen LogP contribution in [0, 0.1) is 11.8 Å². The first-order chi connectivity index (χ1) is 16.0. The van der Waals surface area contributed by atoms with Crippen LogP contribution in [0.2, 0.25) is 0 Å². The molecule has 1 aliphatic rings. The van der Waals surface area contributed by atoms with Crippen LogP contribution in [0.4, 0.5) is 0 Å². The van der Waals surface area contributed by atoms with Gasteiger partial charge in [0.15, 0.2) is 0 Å². The Labute approximate surface area is 197 Å². The molecule has 6 nitrogen and oxygen atoms in total. The summed E-state index contributed by atoms with van der Waals surface area (Å²) in [6.07, 6.45) is 5.13. The van der Waals surface area contributed by atoms with E-state index in [0.717, 1.165) is 54.7 Å². The van der Waals surface area contributed by atoms with Gasteiger partial charge in [0.2, 0.25) is 0 Å². The van der Waals surface area contributed by atoms with Gasteiger partial charge in [-0.25, -0.2) is 0 Å². The summed E-state index contributed by atoms with van der Waals surface area (Å²) in [5.41, 5.74) is 1.94. The first-order valence-electron chi connectivity index (χ1n) is 11.5. The van der Waals surface area contributed by atoms with Crippen LogP contribution in [0.1, 0.15) is 49.3 Å². The summed E-state index contributed by atoms with van der Waals surface area (Å²) in [4.78, 5) is 13.9. The van der Waals surface area contributed by atoms with Crippen molar-refractivity contribution in [2.24, 2.45) is 11.8 Å². The molecule has 0 aliphatic heterocycles. The largest absolute Gasteiger partial charge is 0.497 e. The average molecular weight is 457 g/mol. The molecule has 6 heteroatoms. The van der Waals surface area contributed by atoms with Crippen LogP contribution in [0.5, 0.6) is 23.0 Å². The molecule has 0 amide bonds. The van der Waals surface area contributed by atoms with Gasteiger partial charge in [0.1, 0.15) is 28.8 Å². The van der Waals surface area contributed by atoms with Gasteiger partial charge in [0.25, 0.3) is 0 Å². The Morgan fingerprint density at radius 3 is 1.76 bits per heavy atom. The lowest BCUT2D eigenvalue weighted by atomic mass is 9.76. The highest BCUT2D eigenvalue weighted by molar-refractivity contribution is 5.84. The minimum absolute atomic E-state index is 0.0859. The van der Waals surface area contributed by atoms with E-state index < -0.39 is 0 Å². The molecule has 3 unspecified atom stereocenters. The molecule has 0 aromatic heterocycles. The van der Waals surface area contributed by atoms with Crippen molar-refractivity contribution in [3.05, 3.63) is 47.5 Å². The second kappa shape index (κ2) is 11.9. The smallest absolute Gasteiger partial charge is 0.142 e. The predicted molar refractivity (Wildman–Crippen MR) is 128 cm³/mol. The fourth-order valence-corrected chi connectivity index (χ4v) is 4.82. The molecule has 0 saturated heterocycles. The standard InChI is InChI=1S/C27H36O6/c1-29-21-12-18(13-22(16-21)30-2)11-19-9-7-6-8-10-25(26(19)28)27(33-5)20-14-23(31-3)17-24(15-20)32-4/h12-17,19,25,27H,6-11H2,1-5H3. The highest BCUT2D eigenvalue weighted by atomic mass is 16.5. The van der Waals surface area contributed by atoms with E-state index in [-0.39, 0.29) is 23.7 Å². The molecular weight excluding hydrogens is 420 g/mol. The molecule has 0 radical (unpaired) electrons. The molecule has 0 bridgehead atoms. The second-order valence-corrected chi connectivity index (χ2v) is 8.57. The molecule has 2 aromatic rings. The van der Waals surface area contributed by atoms with Gasteiger partial charge in [0, 0.05) is 31.1 Å². The van der Waals surface area contributed by atoms with E-state index in [4.69, 9.17) is 23.7 Å². The molecular formula is C27H36O6. The number of carbonyl (C=O) groups excluding carboxylic acids is 1. The third-order valence-corrected chi connectivity index (χ3v) is 6.55. The highest BCUT2D eigenvalue weighted by Gasteiger charge is 2.35. The van der Waals surface area contributed by atoms with Crippen molar-refractivity contribution in [1.82, 2.24) is 0 Å². The maximum atomic E-state index is 13.9. The van der Waals surface area contributed by atoms with Crippen molar-refractivity contribution in [3.63, 3.8) is 0 Å². The maximum absolute atomic E-state index is 13.9. The van der Waals surface area contributed by atoms with Gasteiger partial charge in [-0.2, -0.15) is 0 Å². The first kappa shape index (κ1) is 24.9. The Bertz CT molecular complexity index is 880. The summed E-state index contributed by atoms with van der Waals surface area (Å²) in [5.74, 6) is 2.77. The third kappa shape index (κ3) is 6.20. The van der Waals surface area contributed by atoms with E-state index in [1.807, 2.05) is 36.4 Å². The molecule has 0 N–H and O–H groups in total. The summed E-state index contributed by atoms with van der Waals surface area (Å²) >= 11 is 0.